The maximum atomic E-state index is 13.4. The fraction of sp³-hybridized carbons (Fsp3) is 0.562. The smallest absolute Gasteiger partial charge is 0.234 e. The standard InChI is InChI=1S/C16H23FN2O3/c17-14-6-2-1-5-12(14)10-22-11-13(20)9-19-8-4-3-7-15(19)16(18)21/h1-2,5-6,13,15,20H,3-4,7-11H2,(H2,18,21). The number of amides is 1. The molecule has 1 amide bonds. The summed E-state index contributed by atoms with van der Waals surface area (Å²) in [6.07, 6.45) is 1.97. The average molecular weight is 310 g/mol. The molecular weight excluding hydrogens is 287 g/mol. The fourth-order valence-electron chi connectivity index (χ4n) is 2.78. The van der Waals surface area contributed by atoms with Crippen molar-refractivity contribution in [2.75, 3.05) is 19.7 Å². The molecular formula is C16H23FN2O3. The number of aliphatic hydroxyl groups excluding tert-OH is 1. The molecule has 3 N–H and O–H groups in total. The maximum Gasteiger partial charge on any atom is 0.234 e. The summed E-state index contributed by atoms with van der Waals surface area (Å²) in [4.78, 5) is 13.3. The minimum absolute atomic E-state index is 0.0936. The molecule has 0 aliphatic carbocycles. The third-order valence-corrected chi connectivity index (χ3v) is 3.91. The Bertz CT molecular complexity index is 498. The number of nitrogens with two attached hydrogens (primary N) is 1. The van der Waals surface area contributed by atoms with Gasteiger partial charge in [0.05, 0.1) is 25.4 Å². The molecule has 0 radical (unpaired) electrons. The Balaban J connectivity index is 1.76. The molecule has 2 unspecified atom stereocenters. The van der Waals surface area contributed by atoms with Gasteiger partial charge in [0.1, 0.15) is 5.82 Å². The average Bonchev–Trinajstić information content (AvgIpc) is 2.49. The molecule has 1 saturated heterocycles. The summed E-state index contributed by atoms with van der Waals surface area (Å²) >= 11 is 0. The number of likely N-dealkylation sites (tertiary alicyclic amines) is 1. The first-order valence-corrected chi connectivity index (χ1v) is 7.60. The molecule has 2 rings (SSSR count). The van der Waals surface area contributed by atoms with Crippen molar-refractivity contribution >= 4 is 5.91 Å². The molecule has 6 heteroatoms. The second-order valence-electron chi connectivity index (χ2n) is 5.67. The van der Waals surface area contributed by atoms with Crippen molar-refractivity contribution in [3.63, 3.8) is 0 Å². The number of ether oxygens (including phenoxy) is 1. The molecule has 22 heavy (non-hydrogen) atoms. The van der Waals surface area contributed by atoms with Gasteiger partial charge < -0.3 is 15.6 Å². The second kappa shape index (κ2) is 8.22. The molecule has 5 nitrogen and oxygen atoms in total. The predicted octanol–water partition coefficient (Wildman–Crippen LogP) is 1.04. The van der Waals surface area contributed by atoms with Crippen LogP contribution in [0.1, 0.15) is 24.8 Å². The van der Waals surface area contributed by atoms with E-state index in [0.717, 1.165) is 25.8 Å². The SMILES string of the molecule is NC(=O)C1CCCCN1CC(O)COCc1ccccc1F. The predicted molar refractivity (Wildman–Crippen MR) is 80.5 cm³/mol. The lowest BCUT2D eigenvalue weighted by Crippen LogP contribution is -2.50. The van der Waals surface area contributed by atoms with Gasteiger partial charge in [0.2, 0.25) is 5.91 Å². The van der Waals surface area contributed by atoms with Crippen LogP contribution in [-0.4, -0.2) is 47.8 Å². The van der Waals surface area contributed by atoms with E-state index in [4.69, 9.17) is 10.5 Å². The van der Waals surface area contributed by atoms with Crippen LogP contribution in [0.15, 0.2) is 24.3 Å². The monoisotopic (exact) mass is 310 g/mol. The van der Waals surface area contributed by atoms with E-state index in [1.807, 2.05) is 4.90 Å². The first-order chi connectivity index (χ1) is 10.6. The lowest BCUT2D eigenvalue weighted by molar-refractivity contribution is -0.125. The molecule has 1 aromatic rings. The van der Waals surface area contributed by atoms with Gasteiger partial charge in [-0.05, 0) is 25.5 Å². The van der Waals surface area contributed by atoms with E-state index in [0.29, 0.717) is 12.1 Å². The van der Waals surface area contributed by atoms with Crippen molar-refractivity contribution in [2.45, 2.75) is 38.0 Å². The number of aliphatic hydroxyl groups is 1. The lowest BCUT2D eigenvalue weighted by atomic mass is 10.0. The number of carbonyl (C=O) groups excluding carboxylic acids is 1. The third kappa shape index (κ3) is 4.76. The number of β-amino-alcohol motifs (C(OH)–C–C–N with tert-alkyl or cyclic N) is 1. The van der Waals surface area contributed by atoms with Crippen LogP contribution in [0.3, 0.4) is 0 Å². The van der Waals surface area contributed by atoms with Crippen molar-refractivity contribution in [3.8, 4) is 0 Å². The summed E-state index contributed by atoms with van der Waals surface area (Å²) < 4.78 is 18.8. The Hall–Kier alpha value is -1.50. The minimum Gasteiger partial charge on any atom is -0.389 e. The highest BCUT2D eigenvalue weighted by Crippen LogP contribution is 2.17. The number of piperidine rings is 1. The van der Waals surface area contributed by atoms with Crippen molar-refractivity contribution in [3.05, 3.63) is 35.6 Å². The van der Waals surface area contributed by atoms with Gasteiger partial charge in [0, 0.05) is 12.1 Å². The lowest BCUT2D eigenvalue weighted by Gasteiger charge is -2.34. The van der Waals surface area contributed by atoms with E-state index >= 15 is 0 Å². The Labute approximate surface area is 129 Å². The number of rotatable bonds is 7. The van der Waals surface area contributed by atoms with Gasteiger partial charge in [-0.25, -0.2) is 4.39 Å². The summed E-state index contributed by atoms with van der Waals surface area (Å²) in [5.41, 5.74) is 5.85. The third-order valence-electron chi connectivity index (χ3n) is 3.91. The highest BCUT2D eigenvalue weighted by atomic mass is 19.1. The number of halogens is 1. The summed E-state index contributed by atoms with van der Waals surface area (Å²) in [6, 6.07) is 6.07. The zero-order valence-corrected chi connectivity index (χ0v) is 12.6. The van der Waals surface area contributed by atoms with Crippen molar-refractivity contribution in [1.82, 2.24) is 4.90 Å². The quantitative estimate of drug-likeness (QED) is 0.789. The second-order valence-corrected chi connectivity index (χ2v) is 5.67. The van der Waals surface area contributed by atoms with Crippen LogP contribution < -0.4 is 5.73 Å². The van der Waals surface area contributed by atoms with Crippen molar-refractivity contribution in [1.29, 1.82) is 0 Å². The Morgan fingerprint density at radius 3 is 2.95 bits per heavy atom. The maximum absolute atomic E-state index is 13.4. The van der Waals surface area contributed by atoms with Crippen molar-refractivity contribution in [2.24, 2.45) is 5.73 Å². The van der Waals surface area contributed by atoms with Crippen LogP contribution in [-0.2, 0) is 16.1 Å². The van der Waals surface area contributed by atoms with Gasteiger partial charge in [0.15, 0.2) is 0 Å². The molecule has 0 aromatic heterocycles. The van der Waals surface area contributed by atoms with Crippen LogP contribution in [0.2, 0.25) is 0 Å². The van der Waals surface area contributed by atoms with Crippen LogP contribution >= 0.6 is 0 Å². The fourth-order valence-corrected chi connectivity index (χ4v) is 2.78. The highest BCUT2D eigenvalue weighted by Gasteiger charge is 2.28. The number of primary amides is 1. The zero-order valence-electron chi connectivity index (χ0n) is 12.6. The summed E-state index contributed by atoms with van der Waals surface area (Å²) in [5.74, 6) is -0.666. The van der Waals surface area contributed by atoms with E-state index in [9.17, 15) is 14.3 Å². The molecule has 1 aliphatic rings. The number of benzene rings is 1. The molecule has 1 heterocycles. The van der Waals surface area contributed by atoms with Crippen molar-refractivity contribution < 1.29 is 19.0 Å². The normalized spacial score (nSPS) is 20.7. The summed E-state index contributed by atoms with van der Waals surface area (Å²) in [6.45, 7) is 1.29. The molecule has 122 valence electrons. The van der Waals surface area contributed by atoms with Crippen LogP contribution in [0, 0.1) is 5.82 Å². The highest BCUT2D eigenvalue weighted by molar-refractivity contribution is 5.79. The van der Waals surface area contributed by atoms with E-state index in [1.54, 1.807) is 18.2 Å². The van der Waals surface area contributed by atoms with Gasteiger partial charge in [-0.15, -0.1) is 0 Å². The Kier molecular flexibility index (Phi) is 6.30. The van der Waals surface area contributed by atoms with Gasteiger partial charge in [-0.3, -0.25) is 9.69 Å². The molecule has 2 atom stereocenters. The molecule has 0 saturated carbocycles. The van der Waals surface area contributed by atoms with Crippen LogP contribution in [0.25, 0.3) is 0 Å². The number of nitrogens with zero attached hydrogens (tertiary/aromatic N) is 1. The molecule has 0 bridgehead atoms. The van der Waals surface area contributed by atoms with Gasteiger partial charge in [-0.1, -0.05) is 24.6 Å². The topological polar surface area (TPSA) is 75.8 Å². The van der Waals surface area contributed by atoms with Gasteiger partial charge >= 0.3 is 0 Å². The molecule has 1 aromatic carbocycles. The Morgan fingerprint density at radius 2 is 2.23 bits per heavy atom. The number of hydrogen-bond donors (Lipinski definition) is 2. The van der Waals surface area contributed by atoms with Crippen LogP contribution in [0.5, 0.6) is 0 Å². The van der Waals surface area contributed by atoms with E-state index < -0.39 is 6.10 Å². The zero-order chi connectivity index (χ0) is 15.9. The van der Waals surface area contributed by atoms with Gasteiger partial charge in [-0.2, -0.15) is 0 Å². The minimum atomic E-state index is -0.730. The molecule has 1 fully saturated rings. The first-order valence-electron chi connectivity index (χ1n) is 7.60. The van der Waals surface area contributed by atoms with Gasteiger partial charge in [0.25, 0.3) is 0 Å². The Morgan fingerprint density at radius 1 is 1.45 bits per heavy atom. The largest absolute Gasteiger partial charge is 0.389 e. The summed E-state index contributed by atoms with van der Waals surface area (Å²) in [5, 5.41) is 10.0. The number of carbonyl (C=O) groups is 1. The number of hydrogen-bond acceptors (Lipinski definition) is 4. The molecule has 1 aliphatic heterocycles. The van der Waals surface area contributed by atoms with Crippen LogP contribution in [0.4, 0.5) is 4.39 Å². The van der Waals surface area contributed by atoms with E-state index in [1.165, 1.54) is 6.07 Å². The molecule has 0 spiro atoms. The van der Waals surface area contributed by atoms with E-state index in [-0.39, 0.29) is 31.0 Å². The van der Waals surface area contributed by atoms with E-state index in [2.05, 4.69) is 0 Å². The summed E-state index contributed by atoms with van der Waals surface area (Å²) in [7, 11) is 0. The first kappa shape index (κ1) is 16.9.